The number of carbonyl (C=O) groups is 2. The van der Waals surface area contributed by atoms with Gasteiger partial charge >= 0.3 is 12.3 Å². The van der Waals surface area contributed by atoms with Crippen molar-refractivity contribution in [1.82, 2.24) is 21.0 Å². The molecule has 13 nitrogen and oxygen atoms in total. The van der Waals surface area contributed by atoms with Crippen LogP contribution >= 0.6 is 0 Å². The van der Waals surface area contributed by atoms with E-state index in [0.717, 1.165) is 5.56 Å². The number of ether oxygens (including phenoxy) is 5. The maximum absolute atomic E-state index is 13.3. The van der Waals surface area contributed by atoms with Crippen molar-refractivity contribution >= 4 is 23.4 Å². The molecule has 0 fully saturated rings. The highest BCUT2D eigenvalue weighted by Gasteiger charge is 2.38. The van der Waals surface area contributed by atoms with Gasteiger partial charge in [-0.1, -0.05) is 57.2 Å². The van der Waals surface area contributed by atoms with E-state index in [-0.39, 0.29) is 43.0 Å². The van der Waals surface area contributed by atoms with Crippen molar-refractivity contribution < 1.29 is 42.9 Å². The van der Waals surface area contributed by atoms with E-state index in [1.807, 2.05) is 45.0 Å². The van der Waals surface area contributed by atoms with Crippen molar-refractivity contribution in [2.24, 2.45) is 5.41 Å². The fraction of sp³-hybridized carbons (Fsp3) is 0.429. The summed E-state index contributed by atoms with van der Waals surface area (Å²) in [5, 5.41) is 24.4. The van der Waals surface area contributed by atoms with Gasteiger partial charge in [-0.05, 0) is 56.8 Å². The number of hydrogen-bond acceptors (Lipinski definition) is 13. The molecule has 3 N–H and O–H groups in total. The third-order valence-electron chi connectivity index (χ3n) is 7.36. The first-order valence-electron chi connectivity index (χ1n) is 15.7. The monoisotopic (exact) mass is 664 g/mol. The molecule has 0 bridgehead atoms. The standard InChI is InChI=1S/C35H44N4O9/c1-8-12-23-13-9-10-15-26(23)43-19-24(40)17-18-28(36-7)45-34(42)47-32-22(3)37-21(2)31(46-33(41)44-20-35(4,5)6)29(32)25-14-11-16-27-30(25)38-39-48-27/h8-11,13-16,24,28-29,36-37,40H,1,12,17-20H2,2-7H3. The molecule has 3 aromatic rings. The summed E-state index contributed by atoms with van der Waals surface area (Å²) in [5.74, 6) is 0.00227. The van der Waals surface area contributed by atoms with E-state index in [0.29, 0.717) is 40.2 Å². The summed E-state index contributed by atoms with van der Waals surface area (Å²) in [5.41, 5.74) is 2.94. The number of rotatable bonds is 14. The van der Waals surface area contributed by atoms with Gasteiger partial charge in [0.05, 0.1) is 24.1 Å². The van der Waals surface area contributed by atoms with Gasteiger partial charge in [-0.25, -0.2) is 9.59 Å². The van der Waals surface area contributed by atoms with Crippen molar-refractivity contribution in [3.05, 3.63) is 89.2 Å². The van der Waals surface area contributed by atoms with Gasteiger partial charge in [-0.3, -0.25) is 5.32 Å². The van der Waals surface area contributed by atoms with E-state index in [2.05, 4.69) is 27.6 Å². The fourth-order valence-corrected chi connectivity index (χ4v) is 5.04. The minimum atomic E-state index is -1.01. The first-order valence-corrected chi connectivity index (χ1v) is 15.7. The molecule has 4 rings (SSSR count). The van der Waals surface area contributed by atoms with Gasteiger partial charge in [0.1, 0.15) is 35.3 Å². The molecule has 0 saturated carbocycles. The Labute approximate surface area is 279 Å². The third-order valence-corrected chi connectivity index (χ3v) is 7.36. The fourth-order valence-electron chi connectivity index (χ4n) is 5.04. The molecule has 1 aliphatic heterocycles. The summed E-state index contributed by atoms with van der Waals surface area (Å²) in [6, 6.07) is 12.7. The largest absolute Gasteiger partial charge is 0.515 e. The second-order valence-electron chi connectivity index (χ2n) is 12.6. The van der Waals surface area contributed by atoms with Crippen LogP contribution in [0.3, 0.4) is 0 Å². The highest BCUT2D eigenvalue weighted by molar-refractivity contribution is 5.78. The summed E-state index contributed by atoms with van der Waals surface area (Å²) in [7, 11) is 1.63. The summed E-state index contributed by atoms with van der Waals surface area (Å²) in [6.07, 6.45) is -0.580. The van der Waals surface area contributed by atoms with E-state index >= 15 is 0 Å². The highest BCUT2D eigenvalue weighted by Crippen LogP contribution is 2.41. The average molecular weight is 665 g/mol. The lowest BCUT2D eigenvalue weighted by molar-refractivity contribution is 0.0118. The van der Waals surface area contributed by atoms with Crippen LogP contribution in [0.25, 0.3) is 11.1 Å². The quantitative estimate of drug-likeness (QED) is 0.101. The molecule has 2 heterocycles. The average Bonchev–Trinajstić information content (AvgIpc) is 3.53. The Hall–Kier alpha value is -4.88. The minimum absolute atomic E-state index is 0.0591. The molecule has 0 saturated heterocycles. The summed E-state index contributed by atoms with van der Waals surface area (Å²) in [4.78, 5) is 26.1. The SMILES string of the molecule is C=CCc1ccccc1OCC(O)CCC(NC)OC(=O)OC1=C(C)NC(C)=C(OC(=O)OCC(C)(C)C)C1c1cccc2onnc12. The van der Waals surface area contributed by atoms with Crippen molar-refractivity contribution in [2.45, 2.75) is 72.1 Å². The van der Waals surface area contributed by atoms with Gasteiger partial charge in [0, 0.05) is 17.3 Å². The molecule has 1 aromatic heterocycles. The van der Waals surface area contributed by atoms with Gasteiger partial charge in [-0.15, -0.1) is 11.7 Å². The maximum Gasteiger partial charge on any atom is 0.515 e. The van der Waals surface area contributed by atoms with Gasteiger partial charge in [-0.2, -0.15) is 0 Å². The molecular weight excluding hydrogens is 620 g/mol. The normalized spacial score (nSPS) is 16.2. The predicted molar refractivity (Wildman–Crippen MR) is 176 cm³/mol. The smallest absolute Gasteiger partial charge is 0.491 e. The molecule has 13 heteroatoms. The molecule has 258 valence electrons. The van der Waals surface area contributed by atoms with Crippen LogP contribution in [0, 0.1) is 5.41 Å². The molecule has 48 heavy (non-hydrogen) atoms. The number of aromatic nitrogens is 2. The third kappa shape index (κ3) is 9.58. The maximum atomic E-state index is 13.3. The number of aliphatic hydroxyl groups excluding tert-OH is 1. The number of nitrogens with one attached hydrogen (secondary N) is 2. The molecule has 2 aromatic carbocycles. The molecule has 3 unspecified atom stereocenters. The number of dihydropyridines is 1. The van der Waals surface area contributed by atoms with Crippen LogP contribution in [0.5, 0.6) is 5.75 Å². The molecule has 1 aliphatic rings. The van der Waals surface area contributed by atoms with E-state index in [4.69, 9.17) is 28.2 Å². The Morgan fingerprint density at radius 3 is 2.46 bits per heavy atom. The number of allylic oxidation sites excluding steroid dienone is 3. The number of hydrogen-bond donors (Lipinski definition) is 3. The van der Waals surface area contributed by atoms with E-state index in [1.54, 1.807) is 45.2 Å². The van der Waals surface area contributed by atoms with Crippen molar-refractivity contribution in [2.75, 3.05) is 20.3 Å². The van der Waals surface area contributed by atoms with Crippen LogP contribution in [0.4, 0.5) is 9.59 Å². The molecule has 0 spiro atoms. The molecule has 0 radical (unpaired) electrons. The second-order valence-corrected chi connectivity index (χ2v) is 12.6. The molecule has 3 atom stereocenters. The Kier molecular flexibility index (Phi) is 12.2. The van der Waals surface area contributed by atoms with Crippen LogP contribution in [-0.2, 0) is 25.4 Å². The molecular formula is C35H44N4O9. The number of carbonyl (C=O) groups excluding carboxylic acids is 2. The predicted octanol–water partition coefficient (Wildman–Crippen LogP) is 6.22. The van der Waals surface area contributed by atoms with E-state index in [1.165, 1.54) is 0 Å². The van der Waals surface area contributed by atoms with Gasteiger partial charge < -0.3 is 38.6 Å². The van der Waals surface area contributed by atoms with Gasteiger partial charge in [0.25, 0.3) is 0 Å². The van der Waals surface area contributed by atoms with Gasteiger partial charge in [0.15, 0.2) is 11.8 Å². The number of aliphatic hydroxyl groups is 1. The number of benzene rings is 2. The summed E-state index contributed by atoms with van der Waals surface area (Å²) >= 11 is 0. The van der Waals surface area contributed by atoms with Crippen molar-refractivity contribution in [3.63, 3.8) is 0 Å². The van der Waals surface area contributed by atoms with Crippen LogP contribution in [0.2, 0.25) is 0 Å². The van der Waals surface area contributed by atoms with E-state index in [9.17, 15) is 14.7 Å². The zero-order valence-electron chi connectivity index (χ0n) is 28.2. The van der Waals surface area contributed by atoms with Crippen molar-refractivity contribution in [1.29, 1.82) is 0 Å². The molecule has 0 aliphatic carbocycles. The van der Waals surface area contributed by atoms with Crippen LogP contribution in [0.1, 0.15) is 64.5 Å². The van der Waals surface area contributed by atoms with Crippen LogP contribution < -0.4 is 15.4 Å². The molecule has 0 amide bonds. The van der Waals surface area contributed by atoms with Crippen LogP contribution in [0.15, 0.2) is 82.6 Å². The topological polar surface area (TPSA) is 164 Å². The Morgan fingerprint density at radius 2 is 1.77 bits per heavy atom. The lowest BCUT2D eigenvalue weighted by Crippen LogP contribution is -2.34. The van der Waals surface area contributed by atoms with E-state index < -0.39 is 30.6 Å². The lowest BCUT2D eigenvalue weighted by Gasteiger charge is -2.30. The Bertz CT molecular complexity index is 1660. The number of fused-ring (bicyclic) bond motifs is 1. The summed E-state index contributed by atoms with van der Waals surface area (Å²) < 4.78 is 33.7. The summed E-state index contributed by atoms with van der Waals surface area (Å²) in [6.45, 7) is 13.2. The first kappa shape index (κ1) is 36.0. The van der Waals surface area contributed by atoms with Crippen molar-refractivity contribution in [3.8, 4) is 5.75 Å². The zero-order valence-corrected chi connectivity index (χ0v) is 28.2. The first-order chi connectivity index (χ1) is 22.9. The highest BCUT2D eigenvalue weighted by atomic mass is 16.7. The zero-order chi connectivity index (χ0) is 34.8. The lowest BCUT2D eigenvalue weighted by atomic mass is 9.89. The number of para-hydroxylation sites is 1. The second kappa shape index (κ2) is 16.3. The van der Waals surface area contributed by atoms with Crippen LogP contribution in [-0.4, -0.2) is 60.4 Å². The Balaban J connectivity index is 1.46. The minimum Gasteiger partial charge on any atom is -0.491 e. The van der Waals surface area contributed by atoms with Gasteiger partial charge in [0.2, 0.25) is 0 Å². The Morgan fingerprint density at radius 1 is 1.06 bits per heavy atom. The number of nitrogens with zero attached hydrogens (tertiary/aromatic N) is 2.